The van der Waals surface area contributed by atoms with Crippen molar-refractivity contribution >= 4 is 5.91 Å². The summed E-state index contributed by atoms with van der Waals surface area (Å²) in [4.78, 5) is 14.2. The molecule has 1 rings (SSSR count). The minimum absolute atomic E-state index is 0.0347. The number of nitrogens with zero attached hydrogens (tertiary/aromatic N) is 1. The summed E-state index contributed by atoms with van der Waals surface area (Å²) < 4.78 is 0. The lowest BCUT2D eigenvalue weighted by molar-refractivity contribution is -0.126. The molecule has 1 amide bonds. The van der Waals surface area contributed by atoms with Crippen LogP contribution >= 0.6 is 0 Å². The van der Waals surface area contributed by atoms with E-state index < -0.39 is 0 Å². The van der Waals surface area contributed by atoms with Crippen LogP contribution in [0.3, 0.4) is 0 Å². The van der Waals surface area contributed by atoms with Crippen LogP contribution in [0.1, 0.15) is 27.2 Å². The molecule has 0 aromatic carbocycles. The van der Waals surface area contributed by atoms with E-state index in [9.17, 15) is 4.79 Å². The van der Waals surface area contributed by atoms with Gasteiger partial charge in [0, 0.05) is 25.2 Å². The number of nitrogens with one attached hydrogen (secondary N) is 2. The summed E-state index contributed by atoms with van der Waals surface area (Å²) in [5, 5.41) is 6.07. The molecule has 1 aliphatic heterocycles. The molecular formula is C11H23N3O. The van der Waals surface area contributed by atoms with Gasteiger partial charge in [-0.05, 0) is 34.2 Å². The summed E-state index contributed by atoms with van der Waals surface area (Å²) in [6, 6.07) is 0.831. The van der Waals surface area contributed by atoms with Crippen molar-refractivity contribution in [1.29, 1.82) is 0 Å². The molecule has 0 spiro atoms. The average Bonchev–Trinajstić information content (AvgIpc) is 2.28. The lowest BCUT2D eigenvalue weighted by Gasteiger charge is -2.36. The molecule has 0 bridgehead atoms. The zero-order valence-electron chi connectivity index (χ0n) is 10.2. The first-order valence-corrected chi connectivity index (χ1v) is 5.77. The maximum atomic E-state index is 11.9. The van der Waals surface area contributed by atoms with Crippen LogP contribution in [0.5, 0.6) is 0 Å². The molecule has 4 nitrogen and oxygen atoms in total. The summed E-state index contributed by atoms with van der Waals surface area (Å²) in [6.07, 6.45) is 1.03. The molecule has 15 heavy (non-hydrogen) atoms. The Hall–Kier alpha value is -0.610. The van der Waals surface area contributed by atoms with Crippen LogP contribution in [-0.2, 0) is 4.79 Å². The van der Waals surface area contributed by atoms with Crippen LogP contribution in [-0.4, -0.2) is 49.1 Å². The van der Waals surface area contributed by atoms with Crippen LogP contribution in [0.2, 0.25) is 0 Å². The Morgan fingerprint density at radius 3 is 2.80 bits per heavy atom. The Bertz CT molecular complexity index is 218. The second kappa shape index (κ2) is 5.47. The molecule has 1 saturated heterocycles. The molecule has 0 aliphatic carbocycles. The largest absolute Gasteiger partial charge is 0.355 e. The van der Waals surface area contributed by atoms with Crippen molar-refractivity contribution < 1.29 is 4.79 Å². The summed E-state index contributed by atoms with van der Waals surface area (Å²) >= 11 is 0. The summed E-state index contributed by atoms with van der Waals surface area (Å²) in [5.74, 6) is 0.155. The Labute approximate surface area is 92.4 Å². The maximum Gasteiger partial charge on any atom is 0.238 e. The highest BCUT2D eigenvalue weighted by atomic mass is 16.2. The van der Waals surface area contributed by atoms with E-state index in [1.165, 1.54) is 0 Å². The second-order valence-corrected chi connectivity index (χ2v) is 4.54. The van der Waals surface area contributed by atoms with E-state index in [0.717, 1.165) is 13.0 Å². The number of carbonyl (C=O) groups excluding carboxylic acids is 1. The second-order valence-electron chi connectivity index (χ2n) is 4.54. The van der Waals surface area contributed by atoms with Crippen LogP contribution < -0.4 is 10.6 Å². The predicted octanol–water partition coefficient (Wildman–Crippen LogP) is 0.193. The van der Waals surface area contributed by atoms with Gasteiger partial charge in [-0.15, -0.1) is 0 Å². The number of hydrogen-bond acceptors (Lipinski definition) is 3. The summed E-state index contributed by atoms with van der Waals surface area (Å²) in [5.41, 5.74) is 0. The fraction of sp³-hybridized carbons (Fsp3) is 0.909. The Morgan fingerprint density at radius 1 is 1.60 bits per heavy atom. The minimum atomic E-state index is -0.0347. The van der Waals surface area contributed by atoms with Gasteiger partial charge in [0.1, 0.15) is 6.04 Å². The molecule has 2 unspecified atom stereocenters. The van der Waals surface area contributed by atoms with E-state index in [1.54, 1.807) is 0 Å². The quantitative estimate of drug-likeness (QED) is 0.703. The molecule has 1 aliphatic rings. The van der Waals surface area contributed by atoms with Gasteiger partial charge in [-0.1, -0.05) is 0 Å². The third kappa shape index (κ3) is 2.92. The smallest absolute Gasteiger partial charge is 0.238 e. The van der Waals surface area contributed by atoms with Gasteiger partial charge in [-0.25, -0.2) is 0 Å². The van der Waals surface area contributed by atoms with Crippen molar-refractivity contribution in [2.75, 3.05) is 20.1 Å². The highest BCUT2D eigenvalue weighted by Gasteiger charge is 2.32. The van der Waals surface area contributed by atoms with Crippen molar-refractivity contribution in [3.05, 3.63) is 0 Å². The predicted molar refractivity (Wildman–Crippen MR) is 61.8 cm³/mol. The number of carbonyl (C=O) groups is 1. The van der Waals surface area contributed by atoms with Gasteiger partial charge in [-0.3, -0.25) is 9.69 Å². The fourth-order valence-corrected chi connectivity index (χ4v) is 2.37. The van der Waals surface area contributed by atoms with E-state index in [2.05, 4.69) is 36.3 Å². The Morgan fingerprint density at radius 2 is 2.27 bits per heavy atom. The molecule has 4 heteroatoms. The number of amides is 1. The van der Waals surface area contributed by atoms with Crippen molar-refractivity contribution in [1.82, 2.24) is 15.5 Å². The molecule has 0 radical (unpaired) electrons. The molecule has 0 aromatic rings. The summed E-state index contributed by atoms with van der Waals surface area (Å²) in [6.45, 7) is 8.01. The topological polar surface area (TPSA) is 44.4 Å². The lowest BCUT2D eigenvalue weighted by atomic mass is 10.1. The molecular weight excluding hydrogens is 190 g/mol. The zero-order chi connectivity index (χ0) is 11.4. The standard InChI is InChI=1S/C11H23N3O/c1-8(2)14-9(3)5-6-13-11(15)10(14)7-12-4/h8-10,12H,5-7H2,1-4H3,(H,13,15). The van der Waals surface area contributed by atoms with Gasteiger partial charge >= 0.3 is 0 Å². The average molecular weight is 213 g/mol. The first kappa shape index (κ1) is 12.5. The van der Waals surface area contributed by atoms with Gasteiger partial charge in [0.15, 0.2) is 0 Å². The van der Waals surface area contributed by atoms with E-state index in [0.29, 0.717) is 18.6 Å². The maximum absolute atomic E-state index is 11.9. The first-order chi connectivity index (χ1) is 7.07. The molecule has 88 valence electrons. The number of likely N-dealkylation sites (N-methyl/N-ethyl adjacent to an activating group) is 1. The normalized spacial score (nSPS) is 29.0. The lowest BCUT2D eigenvalue weighted by Crippen LogP contribution is -2.54. The highest BCUT2D eigenvalue weighted by Crippen LogP contribution is 2.15. The van der Waals surface area contributed by atoms with Gasteiger partial charge < -0.3 is 10.6 Å². The molecule has 2 N–H and O–H groups in total. The molecule has 0 aromatic heterocycles. The SMILES string of the molecule is CNCC1C(=O)NCCC(C)N1C(C)C. The summed E-state index contributed by atoms with van der Waals surface area (Å²) in [7, 11) is 1.89. The van der Waals surface area contributed by atoms with Gasteiger partial charge in [0.25, 0.3) is 0 Å². The van der Waals surface area contributed by atoms with Crippen molar-refractivity contribution in [3.63, 3.8) is 0 Å². The van der Waals surface area contributed by atoms with Crippen LogP contribution in [0.4, 0.5) is 0 Å². The molecule has 2 atom stereocenters. The number of hydrogen-bond donors (Lipinski definition) is 2. The van der Waals surface area contributed by atoms with Crippen molar-refractivity contribution in [2.45, 2.75) is 45.3 Å². The van der Waals surface area contributed by atoms with E-state index >= 15 is 0 Å². The highest BCUT2D eigenvalue weighted by molar-refractivity contribution is 5.82. The van der Waals surface area contributed by atoms with Crippen LogP contribution in [0, 0.1) is 0 Å². The van der Waals surface area contributed by atoms with Gasteiger partial charge in [-0.2, -0.15) is 0 Å². The monoisotopic (exact) mass is 213 g/mol. The van der Waals surface area contributed by atoms with Crippen molar-refractivity contribution in [2.24, 2.45) is 0 Å². The van der Waals surface area contributed by atoms with Crippen LogP contribution in [0.25, 0.3) is 0 Å². The molecule has 1 heterocycles. The van der Waals surface area contributed by atoms with Gasteiger partial charge in [0.2, 0.25) is 5.91 Å². The number of rotatable bonds is 3. The Balaban J connectivity index is 2.83. The van der Waals surface area contributed by atoms with E-state index in [-0.39, 0.29) is 11.9 Å². The fourth-order valence-electron chi connectivity index (χ4n) is 2.37. The van der Waals surface area contributed by atoms with Gasteiger partial charge in [0.05, 0.1) is 0 Å². The minimum Gasteiger partial charge on any atom is -0.355 e. The first-order valence-electron chi connectivity index (χ1n) is 5.77. The third-order valence-electron chi connectivity index (χ3n) is 3.03. The molecule has 0 saturated carbocycles. The third-order valence-corrected chi connectivity index (χ3v) is 3.03. The van der Waals surface area contributed by atoms with Crippen LogP contribution in [0.15, 0.2) is 0 Å². The Kier molecular flexibility index (Phi) is 4.54. The van der Waals surface area contributed by atoms with E-state index in [4.69, 9.17) is 0 Å². The van der Waals surface area contributed by atoms with Crippen molar-refractivity contribution in [3.8, 4) is 0 Å². The van der Waals surface area contributed by atoms with E-state index in [1.807, 2.05) is 7.05 Å². The zero-order valence-corrected chi connectivity index (χ0v) is 10.2. The molecule has 1 fully saturated rings.